The Morgan fingerprint density at radius 1 is 1.12 bits per heavy atom. The molecular formula is C17H15ClN2O3S2. The minimum absolute atomic E-state index is 0.0817. The number of sulfone groups is 1. The van der Waals surface area contributed by atoms with E-state index >= 15 is 0 Å². The summed E-state index contributed by atoms with van der Waals surface area (Å²) in [6.45, 7) is 0.342. The second kappa shape index (κ2) is 7.51. The lowest BCUT2D eigenvalue weighted by molar-refractivity contribution is -0.118. The molecule has 0 radical (unpaired) electrons. The molecule has 1 heterocycles. The van der Waals surface area contributed by atoms with Crippen LogP contribution in [0.4, 0.5) is 0 Å². The van der Waals surface area contributed by atoms with Crippen molar-refractivity contribution >= 4 is 48.9 Å². The van der Waals surface area contributed by atoms with Crippen molar-refractivity contribution in [3.05, 3.63) is 58.6 Å². The third kappa shape index (κ3) is 4.56. The number of nitrogens with zero attached hydrogens (tertiary/aromatic N) is 1. The van der Waals surface area contributed by atoms with Crippen LogP contribution in [0.15, 0.2) is 53.4 Å². The fourth-order valence-corrected chi connectivity index (χ4v) is 4.54. The summed E-state index contributed by atoms with van der Waals surface area (Å²) < 4.78 is 25.5. The van der Waals surface area contributed by atoms with Crippen molar-refractivity contribution in [2.75, 3.05) is 12.3 Å². The van der Waals surface area contributed by atoms with Crippen LogP contribution in [-0.2, 0) is 21.1 Å². The van der Waals surface area contributed by atoms with Gasteiger partial charge in [0, 0.05) is 18.0 Å². The lowest BCUT2D eigenvalue weighted by Gasteiger charge is -2.06. The molecule has 130 valence electrons. The second-order valence-electron chi connectivity index (χ2n) is 5.39. The zero-order valence-electron chi connectivity index (χ0n) is 13.1. The summed E-state index contributed by atoms with van der Waals surface area (Å²) in [5.74, 6) is -1.12. The van der Waals surface area contributed by atoms with Crippen molar-refractivity contribution in [1.29, 1.82) is 0 Å². The van der Waals surface area contributed by atoms with Gasteiger partial charge in [0.25, 0.3) is 0 Å². The average molecular weight is 395 g/mol. The largest absolute Gasteiger partial charge is 0.355 e. The number of carbonyl (C=O) groups is 1. The van der Waals surface area contributed by atoms with Crippen LogP contribution >= 0.6 is 22.9 Å². The molecule has 0 aliphatic carbocycles. The van der Waals surface area contributed by atoms with Crippen molar-refractivity contribution in [3.8, 4) is 0 Å². The molecule has 25 heavy (non-hydrogen) atoms. The number of aromatic nitrogens is 1. The fraction of sp³-hybridized carbons (Fsp3) is 0.176. The minimum Gasteiger partial charge on any atom is -0.355 e. The second-order valence-corrected chi connectivity index (χ2v) is 8.93. The molecule has 0 aliphatic rings. The zero-order chi connectivity index (χ0) is 17.9. The van der Waals surface area contributed by atoms with Gasteiger partial charge in [-0.3, -0.25) is 4.79 Å². The number of hydrogen-bond acceptors (Lipinski definition) is 5. The number of thiazole rings is 1. The number of rotatable bonds is 6. The Labute approximate surface area is 154 Å². The molecule has 0 fully saturated rings. The maximum atomic E-state index is 12.2. The van der Waals surface area contributed by atoms with E-state index in [9.17, 15) is 13.2 Å². The Hall–Kier alpha value is -1.96. The first kappa shape index (κ1) is 17.8. The van der Waals surface area contributed by atoms with Gasteiger partial charge in [-0.05, 0) is 36.4 Å². The van der Waals surface area contributed by atoms with Crippen molar-refractivity contribution < 1.29 is 13.2 Å². The molecule has 1 amide bonds. The van der Waals surface area contributed by atoms with Gasteiger partial charge >= 0.3 is 0 Å². The quantitative estimate of drug-likeness (QED) is 0.697. The van der Waals surface area contributed by atoms with Gasteiger partial charge in [-0.2, -0.15) is 0 Å². The van der Waals surface area contributed by atoms with E-state index in [1.54, 1.807) is 11.3 Å². The summed E-state index contributed by atoms with van der Waals surface area (Å²) in [4.78, 5) is 16.5. The van der Waals surface area contributed by atoms with Gasteiger partial charge in [-0.15, -0.1) is 11.3 Å². The van der Waals surface area contributed by atoms with E-state index in [0.717, 1.165) is 15.2 Å². The number of fused-ring (bicyclic) bond motifs is 1. The Bertz CT molecular complexity index is 965. The molecule has 0 saturated heterocycles. The van der Waals surface area contributed by atoms with E-state index in [4.69, 9.17) is 11.6 Å². The first-order valence-corrected chi connectivity index (χ1v) is 10.4. The standard InChI is InChI=1S/C17H15ClN2O3S2/c18-12-5-7-13(8-6-12)25(22,23)11-16(21)19-10-9-17-20-14-3-1-2-4-15(14)24-17/h1-8H,9-11H2,(H,19,21). The molecule has 0 spiro atoms. The summed E-state index contributed by atoms with van der Waals surface area (Å²) in [6, 6.07) is 13.6. The number of hydrogen-bond donors (Lipinski definition) is 1. The number of para-hydroxylation sites is 1. The molecule has 3 aromatic rings. The Balaban J connectivity index is 1.54. The predicted octanol–water partition coefficient (Wildman–Crippen LogP) is 3.08. The summed E-state index contributed by atoms with van der Waals surface area (Å²) in [6.07, 6.45) is 0.562. The molecule has 0 aliphatic heterocycles. The Kier molecular flexibility index (Phi) is 5.36. The van der Waals surface area contributed by atoms with Crippen LogP contribution in [0, 0.1) is 0 Å². The van der Waals surface area contributed by atoms with E-state index in [1.807, 2.05) is 24.3 Å². The molecule has 8 heteroatoms. The lowest BCUT2D eigenvalue weighted by Crippen LogP contribution is -2.31. The molecule has 0 atom stereocenters. The molecule has 5 nitrogen and oxygen atoms in total. The summed E-state index contributed by atoms with van der Waals surface area (Å²) in [5.41, 5.74) is 0.930. The van der Waals surface area contributed by atoms with Crippen molar-refractivity contribution in [3.63, 3.8) is 0 Å². The van der Waals surface area contributed by atoms with E-state index < -0.39 is 21.5 Å². The highest BCUT2D eigenvalue weighted by Crippen LogP contribution is 2.21. The lowest BCUT2D eigenvalue weighted by atomic mass is 10.3. The molecule has 2 aromatic carbocycles. The van der Waals surface area contributed by atoms with E-state index in [1.165, 1.54) is 24.3 Å². The van der Waals surface area contributed by atoms with Crippen molar-refractivity contribution in [1.82, 2.24) is 10.3 Å². The number of benzene rings is 2. The fourth-order valence-electron chi connectivity index (χ4n) is 2.28. The van der Waals surface area contributed by atoms with Crippen LogP contribution in [-0.4, -0.2) is 31.6 Å². The summed E-state index contributed by atoms with van der Waals surface area (Å²) in [5, 5.41) is 3.98. The zero-order valence-corrected chi connectivity index (χ0v) is 15.5. The number of carbonyl (C=O) groups excluding carboxylic acids is 1. The third-order valence-electron chi connectivity index (χ3n) is 3.49. The third-order valence-corrected chi connectivity index (χ3v) is 6.47. The maximum absolute atomic E-state index is 12.2. The number of amides is 1. The molecule has 1 N–H and O–H groups in total. The van der Waals surface area contributed by atoms with Gasteiger partial charge in [-0.1, -0.05) is 23.7 Å². The first-order valence-electron chi connectivity index (χ1n) is 7.53. The van der Waals surface area contributed by atoms with Crippen LogP contribution in [0.25, 0.3) is 10.2 Å². The van der Waals surface area contributed by atoms with Crippen LogP contribution < -0.4 is 5.32 Å². The Morgan fingerprint density at radius 2 is 1.84 bits per heavy atom. The SMILES string of the molecule is O=C(CS(=O)(=O)c1ccc(Cl)cc1)NCCc1nc2ccccc2s1. The predicted molar refractivity (Wildman–Crippen MR) is 99.8 cm³/mol. The van der Waals surface area contributed by atoms with Crippen molar-refractivity contribution in [2.45, 2.75) is 11.3 Å². The van der Waals surface area contributed by atoms with Gasteiger partial charge in [-0.25, -0.2) is 13.4 Å². The summed E-state index contributed by atoms with van der Waals surface area (Å²) >= 11 is 7.31. The van der Waals surface area contributed by atoms with E-state index in [-0.39, 0.29) is 4.90 Å². The highest BCUT2D eigenvalue weighted by molar-refractivity contribution is 7.92. The monoisotopic (exact) mass is 394 g/mol. The van der Waals surface area contributed by atoms with Crippen LogP contribution in [0.1, 0.15) is 5.01 Å². The van der Waals surface area contributed by atoms with E-state index in [2.05, 4.69) is 10.3 Å². The van der Waals surface area contributed by atoms with Gasteiger partial charge < -0.3 is 5.32 Å². The van der Waals surface area contributed by atoms with Crippen molar-refractivity contribution in [2.24, 2.45) is 0 Å². The summed E-state index contributed by atoms with van der Waals surface area (Å²) in [7, 11) is -3.68. The molecule has 1 aromatic heterocycles. The molecular weight excluding hydrogens is 380 g/mol. The highest BCUT2D eigenvalue weighted by atomic mass is 35.5. The average Bonchev–Trinajstić information content (AvgIpc) is 2.97. The number of nitrogens with one attached hydrogen (secondary N) is 1. The van der Waals surface area contributed by atoms with Crippen LogP contribution in [0.3, 0.4) is 0 Å². The molecule has 0 unspecified atom stereocenters. The number of halogens is 1. The van der Waals surface area contributed by atoms with E-state index in [0.29, 0.717) is 18.0 Å². The molecule has 0 saturated carbocycles. The van der Waals surface area contributed by atoms with Crippen LogP contribution in [0.5, 0.6) is 0 Å². The van der Waals surface area contributed by atoms with Gasteiger partial charge in [0.1, 0.15) is 5.75 Å². The van der Waals surface area contributed by atoms with Gasteiger partial charge in [0.05, 0.1) is 20.1 Å². The van der Waals surface area contributed by atoms with Gasteiger partial charge in [0.15, 0.2) is 9.84 Å². The van der Waals surface area contributed by atoms with Crippen LogP contribution in [0.2, 0.25) is 5.02 Å². The molecule has 0 bridgehead atoms. The highest BCUT2D eigenvalue weighted by Gasteiger charge is 2.19. The topological polar surface area (TPSA) is 76.1 Å². The molecule has 3 rings (SSSR count). The smallest absolute Gasteiger partial charge is 0.235 e. The van der Waals surface area contributed by atoms with Gasteiger partial charge in [0.2, 0.25) is 5.91 Å². The minimum atomic E-state index is -3.68. The Morgan fingerprint density at radius 3 is 2.56 bits per heavy atom. The normalized spacial score (nSPS) is 11.6. The first-order chi connectivity index (χ1) is 11.9. The maximum Gasteiger partial charge on any atom is 0.235 e.